The summed E-state index contributed by atoms with van der Waals surface area (Å²) in [5.74, 6) is 2.88. The maximum atomic E-state index is 6.12. The fourth-order valence-electron chi connectivity index (χ4n) is 4.14. The van der Waals surface area contributed by atoms with E-state index >= 15 is 0 Å². The first-order chi connectivity index (χ1) is 16.1. The number of nitrogens with one attached hydrogen (secondary N) is 1. The summed E-state index contributed by atoms with van der Waals surface area (Å²) in [6.07, 6.45) is 13.9. The number of aromatic nitrogens is 4. The van der Waals surface area contributed by atoms with Gasteiger partial charge in [0.05, 0.1) is 16.4 Å². The molecule has 5 rings (SSSR count). The molecule has 3 aromatic heterocycles. The summed E-state index contributed by atoms with van der Waals surface area (Å²) in [7, 11) is 3.83. The van der Waals surface area contributed by atoms with Crippen LogP contribution in [-0.2, 0) is 0 Å². The number of nitrogens with zero attached hydrogens (tertiary/aromatic N) is 5. The van der Waals surface area contributed by atoms with E-state index in [2.05, 4.69) is 20.3 Å². The van der Waals surface area contributed by atoms with Crippen molar-refractivity contribution in [3.63, 3.8) is 0 Å². The molecule has 0 unspecified atom stereocenters. The van der Waals surface area contributed by atoms with Gasteiger partial charge in [0.25, 0.3) is 0 Å². The van der Waals surface area contributed by atoms with Crippen LogP contribution >= 0.6 is 11.3 Å². The smallest absolute Gasteiger partial charge is 0.224 e. The van der Waals surface area contributed by atoms with Crippen LogP contribution in [-0.4, -0.2) is 40.6 Å². The average Bonchev–Trinajstić information content (AvgIpc) is 3.26. The Morgan fingerprint density at radius 2 is 1.79 bits per heavy atom. The maximum Gasteiger partial charge on any atom is 0.224 e. The Morgan fingerprint density at radius 1 is 0.970 bits per heavy atom. The zero-order chi connectivity index (χ0) is 22.6. The minimum atomic E-state index is 0.670. The van der Waals surface area contributed by atoms with E-state index in [-0.39, 0.29) is 0 Å². The van der Waals surface area contributed by atoms with Gasteiger partial charge in [-0.2, -0.15) is 0 Å². The first kappa shape index (κ1) is 21.6. The van der Waals surface area contributed by atoms with E-state index in [0.717, 1.165) is 44.7 Å². The molecule has 1 aliphatic rings. The Balaban J connectivity index is 1.28. The van der Waals surface area contributed by atoms with Crippen LogP contribution < -0.4 is 15.0 Å². The van der Waals surface area contributed by atoms with Gasteiger partial charge in [0.1, 0.15) is 11.5 Å². The molecule has 1 saturated carbocycles. The molecule has 1 aromatic carbocycles. The van der Waals surface area contributed by atoms with Crippen molar-refractivity contribution >= 4 is 32.6 Å². The molecule has 0 bridgehead atoms. The lowest BCUT2D eigenvalue weighted by Crippen LogP contribution is -2.16. The van der Waals surface area contributed by atoms with E-state index in [1.165, 1.54) is 32.1 Å². The molecule has 7 nitrogen and oxygen atoms in total. The van der Waals surface area contributed by atoms with Gasteiger partial charge in [-0.15, -0.1) is 0 Å². The molecular weight excluding hydrogens is 432 g/mol. The molecule has 0 spiro atoms. The van der Waals surface area contributed by atoms with Crippen LogP contribution in [0.5, 0.6) is 11.5 Å². The molecule has 1 aliphatic carbocycles. The largest absolute Gasteiger partial charge is 0.456 e. The van der Waals surface area contributed by atoms with Crippen LogP contribution in [0.4, 0.5) is 11.1 Å². The Bertz CT molecular complexity index is 1220. The van der Waals surface area contributed by atoms with Crippen molar-refractivity contribution in [1.29, 1.82) is 0 Å². The van der Waals surface area contributed by atoms with Gasteiger partial charge < -0.3 is 15.0 Å². The van der Waals surface area contributed by atoms with E-state index < -0.39 is 0 Å². The molecule has 1 N–H and O–H groups in total. The van der Waals surface area contributed by atoms with E-state index in [4.69, 9.17) is 9.72 Å². The topological polar surface area (TPSA) is 76.1 Å². The predicted molar refractivity (Wildman–Crippen MR) is 134 cm³/mol. The molecule has 8 heteroatoms. The van der Waals surface area contributed by atoms with Gasteiger partial charge in [0.2, 0.25) is 5.95 Å². The summed E-state index contributed by atoms with van der Waals surface area (Å²) in [5, 5.41) is 4.54. The third kappa shape index (κ3) is 5.22. The molecule has 0 radical (unpaired) electrons. The summed E-state index contributed by atoms with van der Waals surface area (Å²) in [6, 6.07) is 7.96. The van der Waals surface area contributed by atoms with Crippen LogP contribution in [0.15, 0.2) is 49.1 Å². The Labute approximate surface area is 197 Å². The SMILES string of the molecule is CN(C)c1ncc(-c2cncc(Oc3ccc4nc(NCC5CCCCC5)sc4c3)c2)cn1. The van der Waals surface area contributed by atoms with Crippen molar-refractivity contribution in [2.45, 2.75) is 32.1 Å². The van der Waals surface area contributed by atoms with E-state index in [9.17, 15) is 0 Å². The molecular formula is C25H28N6OS. The third-order valence-electron chi connectivity index (χ3n) is 5.95. The van der Waals surface area contributed by atoms with Crippen molar-refractivity contribution in [1.82, 2.24) is 19.9 Å². The normalized spacial score (nSPS) is 14.4. The molecule has 1 fully saturated rings. The molecule has 3 heterocycles. The summed E-state index contributed by atoms with van der Waals surface area (Å²) in [4.78, 5) is 19.7. The predicted octanol–water partition coefficient (Wildman–Crippen LogP) is 6.00. The van der Waals surface area contributed by atoms with Gasteiger partial charge >= 0.3 is 0 Å². The number of thiazole rings is 1. The standard InChI is InChI=1S/C25H28N6OS/c1-31(2)24-27-14-19(15-28-24)18-10-21(16-26-13-18)32-20-8-9-22-23(11-20)33-25(30-22)29-12-17-6-4-3-5-7-17/h8-11,13-17H,3-7,12H2,1-2H3,(H,29,30). The molecule has 0 aliphatic heterocycles. The molecule has 33 heavy (non-hydrogen) atoms. The second-order valence-corrected chi connectivity index (χ2v) is 9.74. The highest BCUT2D eigenvalue weighted by Crippen LogP contribution is 2.33. The summed E-state index contributed by atoms with van der Waals surface area (Å²) < 4.78 is 7.23. The fraction of sp³-hybridized carbons (Fsp3) is 0.360. The summed E-state index contributed by atoms with van der Waals surface area (Å²) in [5.41, 5.74) is 2.79. The minimum Gasteiger partial charge on any atom is -0.456 e. The minimum absolute atomic E-state index is 0.670. The third-order valence-corrected chi connectivity index (χ3v) is 6.92. The van der Waals surface area contributed by atoms with Crippen molar-refractivity contribution in [2.24, 2.45) is 5.92 Å². The van der Waals surface area contributed by atoms with Gasteiger partial charge in [-0.3, -0.25) is 4.98 Å². The Morgan fingerprint density at radius 3 is 2.58 bits per heavy atom. The van der Waals surface area contributed by atoms with Crippen LogP contribution in [0.3, 0.4) is 0 Å². The number of benzene rings is 1. The van der Waals surface area contributed by atoms with Gasteiger partial charge in [-0.05, 0) is 37.0 Å². The first-order valence-electron chi connectivity index (χ1n) is 11.4. The molecule has 170 valence electrons. The van der Waals surface area contributed by atoms with Gasteiger partial charge in [0, 0.05) is 56.4 Å². The lowest BCUT2D eigenvalue weighted by atomic mass is 9.89. The Kier molecular flexibility index (Phi) is 6.35. The number of rotatable bonds is 7. The van der Waals surface area contributed by atoms with Crippen molar-refractivity contribution in [3.8, 4) is 22.6 Å². The molecule has 4 aromatic rings. The van der Waals surface area contributed by atoms with Crippen LogP contribution in [0.25, 0.3) is 21.3 Å². The number of fused-ring (bicyclic) bond motifs is 1. The quantitative estimate of drug-likeness (QED) is 0.362. The second-order valence-electron chi connectivity index (χ2n) is 8.71. The van der Waals surface area contributed by atoms with Crippen molar-refractivity contribution < 1.29 is 4.74 Å². The highest BCUT2D eigenvalue weighted by atomic mass is 32.1. The van der Waals surface area contributed by atoms with Crippen molar-refractivity contribution in [3.05, 3.63) is 49.1 Å². The van der Waals surface area contributed by atoms with Gasteiger partial charge in [0.15, 0.2) is 5.13 Å². The average molecular weight is 461 g/mol. The molecule has 0 saturated heterocycles. The maximum absolute atomic E-state index is 6.12. The highest BCUT2D eigenvalue weighted by molar-refractivity contribution is 7.22. The number of hydrogen-bond donors (Lipinski definition) is 1. The van der Waals surface area contributed by atoms with Crippen LogP contribution in [0.2, 0.25) is 0 Å². The monoisotopic (exact) mass is 460 g/mol. The first-order valence-corrected chi connectivity index (χ1v) is 12.2. The van der Waals surface area contributed by atoms with E-state index in [0.29, 0.717) is 11.7 Å². The fourth-order valence-corrected chi connectivity index (χ4v) is 5.04. The highest BCUT2D eigenvalue weighted by Gasteiger charge is 2.14. The number of hydrogen-bond acceptors (Lipinski definition) is 8. The zero-order valence-corrected chi connectivity index (χ0v) is 19.8. The van der Waals surface area contributed by atoms with Crippen molar-refractivity contribution in [2.75, 3.05) is 30.9 Å². The lowest BCUT2D eigenvalue weighted by Gasteiger charge is -2.21. The molecule has 0 amide bonds. The number of anilines is 2. The molecule has 0 atom stereocenters. The number of pyridine rings is 1. The Hall–Kier alpha value is -3.26. The summed E-state index contributed by atoms with van der Waals surface area (Å²) in [6.45, 7) is 1.01. The lowest BCUT2D eigenvalue weighted by molar-refractivity contribution is 0.373. The van der Waals surface area contributed by atoms with Crippen LogP contribution in [0, 0.1) is 5.92 Å². The second kappa shape index (κ2) is 9.70. The van der Waals surface area contributed by atoms with E-state index in [1.807, 2.05) is 43.3 Å². The summed E-state index contributed by atoms with van der Waals surface area (Å²) >= 11 is 1.68. The van der Waals surface area contributed by atoms with E-state index in [1.54, 1.807) is 36.1 Å². The van der Waals surface area contributed by atoms with Crippen LogP contribution in [0.1, 0.15) is 32.1 Å². The number of ether oxygens (including phenoxy) is 1. The van der Waals surface area contributed by atoms with Gasteiger partial charge in [-0.25, -0.2) is 15.0 Å². The zero-order valence-electron chi connectivity index (χ0n) is 19.0. The van der Waals surface area contributed by atoms with Gasteiger partial charge in [-0.1, -0.05) is 30.6 Å².